The van der Waals surface area contributed by atoms with E-state index in [0.717, 1.165) is 6.07 Å². The first-order valence-corrected chi connectivity index (χ1v) is 6.06. The van der Waals surface area contributed by atoms with Gasteiger partial charge in [-0.3, -0.25) is 4.79 Å². The Morgan fingerprint density at radius 3 is 2.62 bits per heavy atom. The predicted octanol–water partition coefficient (Wildman–Crippen LogP) is 2.30. The highest BCUT2D eigenvalue weighted by atomic mass is 19.1. The van der Waals surface area contributed by atoms with Crippen molar-refractivity contribution >= 4 is 17.3 Å². The summed E-state index contributed by atoms with van der Waals surface area (Å²) in [6.07, 6.45) is 0. The lowest BCUT2D eigenvalue weighted by Gasteiger charge is -2.08. The van der Waals surface area contributed by atoms with Gasteiger partial charge in [-0.25, -0.2) is 4.39 Å². The van der Waals surface area contributed by atoms with Gasteiger partial charge in [0.25, 0.3) is 5.91 Å². The third-order valence-corrected chi connectivity index (χ3v) is 2.63. The summed E-state index contributed by atoms with van der Waals surface area (Å²) in [7, 11) is 0. The number of amides is 1. The molecule has 0 aliphatic carbocycles. The Hall–Kier alpha value is -3.07. The molecular weight excluding hydrogens is 273 g/mol. The first kappa shape index (κ1) is 14.3. The van der Waals surface area contributed by atoms with Crippen molar-refractivity contribution < 1.29 is 13.9 Å². The third-order valence-electron chi connectivity index (χ3n) is 2.63. The fraction of sp³-hybridized carbons (Fsp3) is 0.0667. The van der Waals surface area contributed by atoms with E-state index in [1.165, 1.54) is 12.1 Å². The van der Waals surface area contributed by atoms with Crippen molar-refractivity contribution in [2.45, 2.75) is 0 Å². The molecular formula is C15H12FN3O2. The topological polar surface area (TPSA) is 88.1 Å². The first-order chi connectivity index (χ1) is 10.1. The summed E-state index contributed by atoms with van der Waals surface area (Å²) in [4.78, 5) is 11.7. The predicted molar refractivity (Wildman–Crippen MR) is 76.1 cm³/mol. The number of halogens is 1. The van der Waals surface area contributed by atoms with Crippen molar-refractivity contribution in [3.05, 3.63) is 53.8 Å². The molecule has 0 saturated carbocycles. The largest absolute Gasteiger partial charge is 0.484 e. The quantitative estimate of drug-likeness (QED) is 0.844. The minimum Gasteiger partial charge on any atom is -0.484 e. The molecule has 2 rings (SSSR count). The minimum absolute atomic E-state index is 0.0753. The van der Waals surface area contributed by atoms with Crippen LogP contribution in [0, 0.1) is 17.1 Å². The molecule has 0 unspecified atom stereocenters. The van der Waals surface area contributed by atoms with Gasteiger partial charge in [-0.2, -0.15) is 5.26 Å². The highest BCUT2D eigenvalue weighted by Crippen LogP contribution is 2.16. The number of hydrogen-bond donors (Lipinski definition) is 2. The van der Waals surface area contributed by atoms with E-state index in [1.54, 1.807) is 30.3 Å². The van der Waals surface area contributed by atoms with Crippen LogP contribution in [0.2, 0.25) is 0 Å². The van der Waals surface area contributed by atoms with Gasteiger partial charge in [0, 0.05) is 17.4 Å². The number of ether oxygens (including phenoxy) is 1. The van der Waals surface area contributed by atoms with Gasteiger partial charge in [0.15, 0.2) is 6.61 Å². The van der Waals surface area contributed by atoms with Crippen LogP contribution in [-0.2, 0) is 4.79 Å². The normalized spacial score (nSPS) is 9.71. The van der Waals surface area contributed by atoms with Crippen LogP contribution in [-0.4, -0.2) is 12.5 Å². The van der Waals surface area contributed by atoms with Gasteiger partial charge in [-0.1, -0.05) is 0 Å². The third kappa shape index (κ3) is 3.94. The van der Waals surface area contributed by atoms with Crippen molar-refractivity contribution in [3.8, 4) is 11.8 Å². The Morgan fingerprint density at radius 1 is 1.29 bits per heavy atom. The maximum Gasteiger partial charge on any atom is 0.262 e. The van der Waals surface area contributed by atoms with Crippen molar-refractivity contribution in [2.24, 2.45) is 0 Å². The standard InChI is InChI=1S/C15H12FN3O2/c16-14-7-13(6-1-10(14)8-17)21-9-15(20)19-12-4-2-11(18)3-5-12/h1-7H,9,18H2,(H,19,20). The highest BCUT2D eigenvalue weighted by Gasteiger charge is 2.06. The molecule has 6 heteroatoms. The van der Waals surface area contributed by atoms with E-state index in [1.807, 2.05) is 0 Å². The zero-order valence-electron chi connectivity index (χ0n) is 11.0. The Bertz CT molecular complexity index is 693. The molecule has 2 aromatic rings. The number of nitrogens with zero attached hydrogens (tertiary/aromatic N) is 1. The van der Waals surface area contributed by atoms with E-state index in [2.05, 4.69) is 5.32 Å². The Balaban J connectivity index is 1.91. The Morgan fingerprint density at radius 2 is 2.00 bits per heavy atom. The number of rotatable bonds is 4. The molecule has 106 valence electrons. The Labute approximate surface area is 120 Å². The first-order valence-electron chi connectivity index (χ1n) is 6.06. The van der Waals surface area contributed by atoms with E-state index in [4.69, 9.17) is 15.7 Å². The summed E-state index contributed by atoms with van der Waals surface area (Å²) >= 11 is 0. The lowest BCUT2D eigenvalue weighted by Crippen LogP contribution is -2.20. The van der Waals surface area contributed by atoms with Gasteiger partial charge in [0.05, 0.1) is 5.56 Å². The zero-order valence-corrected chi connectivity index (χ0v) is 11.0. The minimum atomic E-state index is -0.686. The fourth-order valence-corrected chi connectivity index (χ4v) is 1.59. The van der Waals surface area contributed by atoms with Gasteiger partial charge in [0.1, 0.15) is 17.6 Å². The smallest absolute Gasteiger partial charge is 0.262 e. The van der Waals surface area contributed by atoms with Crippen LogP contribution in [0.15, 0.2) is 42.5 Å². The lowest BCUT2D eigenvalue weighted by molar-refractivity contribution is -0.118. The number of carbonyl (C=O) groups excluding carboxylic acids is 1. The van der Waals surface area contributed by atoms with E-state index in [0.29, 0.717) is 11.4 Å². The van der Waals surface area contributed by atoms with Crippen molar-refractivity contribution in [2.75, 3.05) is 17.7 Å². The average Bonchev–Trinajstić information content (AvgIpc) is 2.48. The average molecular weight is 285 g/mol. The zero-order chi connectivity index (χ0) is 15.2. The van der Waals surface area contributed by atoms with Gasteiger partial charge in [-0.05, 0) is 36.4 Å². The van der Waals surface area contributed by atoms with Crippen molar-refractivity contribution in [1.29, 1.82) is 5.26 Å². The fourth-order valence-electron chi connectivity index (χ4n) is 1.59. The van der Waals surface area contributed by atoms with Gasteiger partial charge in [-0.15, -0.1) is 0 Å². The molecule has 0 heterocycles. The van der Waals surface area contributed by atoms with Crippen LogP contribution in [0.5, 0.6) is 5.75 Å². The van der Waals surface area contributed by atoms with E-state index in [-0.39, 0.29) is 23.8 Å². The number of nitrogens with two attached hydrogens (primary N) is 1. The second-order valence-corrected chi connectivity index (χ2v) is 4.21. The van der Waals surface area contributed by atoms with Crippen LogP contribution >= 0.6 is 0 Å². The number of nitrogen functional groups attached to an aromatic ring is 1. The van der Waals surface area contributed by atoms with Crippen molar-refractivity contribution in [3.63, 3.8) is 0 Å². The molecule has 0 spiro atoms. The van der Waals surface area contributed by atoms with E-state index < -0.39 is 5.82 Å². The number of anilines is 2. The summed E-state index contributed by atoms with van der Waals surface area (Å²) in [6, 6.07) is 12.1. The molecule has 1 amide bonds. The Kier molecular flexibility index (Phi) is 4.36. The summed E-state index contributed by atoms with van der Waals surface area (Å²) in [5, 5.41) is 11.2. The molecule has 0 aliphatic heterocycles. The lowest BCUT2D eigenvalue weighted by atomic mass is 10.2. The van der Waals surface area contributed by atoms with Crippen LogP contribution in [0.25, 0.3) is 0 Å². The number of hydrogen-bond acceptors (Lipinski definition) is 4. The molecule has 2 aromatic carbocycles. The monoisotopic (exact) mass is 285 g/mol. The molecule has 0 bridgehead atoms. The highest BCUT2D eigenvalue weighted by molar-refractivity contribution is 5.92. The second-order valence-electron chi connectivity index (χ2n) is 4.21. The summed E-state index contributed by atoms with van der Waals surface area (Å²) in [6.45, 7) is -0.268. The van der Waals surface area contributed by atoms with Crippen LogP contribution in [0.1, 0.15) is 5.56 Å². The molecule has 21 heavy (non-hydrogen) atoms. The van der Waals surface area contributed by atoms with Crippen LogP contribution < -0.4 is 15.8 Å². The number of benzene rings is 2. The molecule has 0 radical (unpaired) electrons. The molecule has 0 aliphatic rings. The maximum absolute atomic E-state index is 13.3. The number of carbonyl (C=O) groups is 1. The van der Waals surface area contributed by atoms with E-state index >= 15 is 0 Å². The molecule has 3 N–H and O–H groups in total. The SMILES string of the molecule is N#Cc1ccc(OCC(=O)Nc2ccc(N)cc2)cc1F. The van der Waals surface area contributed by atoms with Crippen LogP contribution in [0.4, 0.5) is 15.8 Å². The molecule has 0 saturated heterocycles. The van der Waals surface area contributed by atoms with Gasteiger partial charge < -0.3 is 15.8 Å². The molecule has 0 fully saturated rings. The summed E-state index contributed by atoms with van der Waals surface area (Å²) < 4.78 is 18.5. The van der Waals surface area contributed by atoms with Gasteiger partial charge in [0.2, 0.25) is 0 Å². The van der Waals surface area contributed by atoms with Crippen LogP contribution in [0.3, 0.4) is 0 Å². The number of nitriles is 1. The molecule has 5 nitrogen and oxygen atoms in total. The number of nitrogens with one attached hydrogen (secondary N) is 1. The van der Waals surface area contributed by atoms with E-state index in [9.17, 15) is 9.18 Å². The molecule has 0 aromatic heterocycles. The van der Waals surface area contributed by atoms with Gasteiger partial charge >= 0.3 is 0 Å². The maximum atomic E-state index is 13.3. The summed E-state index contributed by atoms with van der Waals surface area (Å²) in [5.41, 5.74) is 6.64. The van der Waals surface area contributed by atoms with Crippen molar-refractivity contribution in [1.82, 2.24) is 0 Å². The summed E-state index contributed by atoms with van der Waals surface area (Å²) in [5.74, 6) is -0.891. The second kappa shape index (κ2) is 6.39. The molecule has 0 atom stereocenters.